The Hall–Kier alpha value is -1.79. The molecule has 0 atom stereocenters. The molecule has 0 saturated carbocycles. The molecule has 0 aliphatic carbocycles. The maximum Gasteiger partial charge on any atom is 0.234 e. The first kappa shape index (κ1) is 14.6. The summed E-state index contributed by atoms with van der Waals surface area (Å²) in [4.78, 5) is 20.1. The minimum atomic E-state index is -0.186. The van der Waals surface area contributed by atoms with Crippen LogP contribution in [0.3, 0.4) is 0 Å². The summed E-state index contributed by atoms with van der Waals surface area (Å²) in [5, 5.41) is 3.80. The third-order valence-corrected chi connectivity index (χ3v) is 3.49. The van der Waals surface area contributed by atoms with Gasteiger partial charge in [0.15, 0.2) is 5.16 Å². The van der Waals surface area contributed by atoms with E-state index in [-0.39, 0.29) is 11.7 Å². The molecule has 1 aromatic carbocycles. The van der Waals surface area contributed by atoms with Crippen molar-refractivity contribution in [3.05, 3.63) is 41.2 Å². The van der Waals surface area contributed by atoms with Gasteiger partial charge in [-0.1, -0.05) is 23.4 Å². The highest BCUT2D eigenvalue weighted by Gasteiger charge is 2.08. The van der Waals surface area contributed by atoms with Gasteiger partial charge in [-0.25, -0.2) is 9.97 Å². The standard InChI is InChI=1S/C13H13ClN4OS/c1-8-4-5-16-13(17-8)20-7-12(19)18-11-6-9(14)2-3-10(11)15/h2-6H,7,15H2,1H3,(H,18,19). The van der Waals surface area contributed by atoms with Crippen molar-refractivity contribution in [2.24, 2.45) is 0 Å². The van der Waals surface area contributed by atoms with Gasteiger partial charge >= 0.3 is 0 Å². The number of nitrogens with one attached hydrogen (secondary N) is 1. The second kappa shape index (κ2) is 6.58. The number of halogens is 1. The van der Waals surface area contributed by atoms with E-state index in [0.29, 0.717) is 21.6 Å². The zero-order valence-electron chi connectivity index (χ0n) is 10.8. The highest BCUT2D eigenvalue weighted by atomic mass is 35.5. The van der Waals surface area contributed by atoms with Crippen LogP contribution in [0.4, 0.5) is 11.4 Å². The van der Waals surface area contributed by atoms with Crippen molar-refractivity contribution < 1.29 is 4.79 Å². The second-order valence-corrected chi connectivity index (χ2v) is 5.43. The topological polar surface area (TPSA) is 80.9 Å². The van der Waals surface area contributed by atoms with E-state index in [2.05, 4.69) is 15.3 Å². The lowest BCUT2D eigenvalue weighted by Gasteiger charge is -2.08. The molecule has 2 aromatic rings. The summed E-state index contributed by atoms with van der Waals surface area (Å²) < 4.78 is 0. The molecule has 1 heterocycles. The SMILES string of the molecule is Cc1ccnc(SCC(=O)Nc2cc(Cl)ccc2N)n1. The van der Waals surface area contributed by atoms with Gasteiger partial charge in [0.05, 0.1) is 17.1 Å². The lowest BCUT2D eigenvalue weighted by molar-refractivity contribution is -0.113. The van der Waals surface area contributed by atoms with Crippen LogP contribution in [0.5, 0.6) is 0 Å². The number of hydrogen-bond donors (Lipinski definition) is 2. The Balaban J connectivity index is 1.94. The predicted molar refractivity (Wildman–Crippen MR) is 82.0 cm³/mol. The van der Waals surface area contributed by atoms with Crippen molar-refractivity contribution in [3.63, 3.8) is 0 Å². The number of benzene rings is 1. The number of carbonyl (C=O) groups is 1. The fourth-order valence-electron chi connectivity index (χ4n) is 1.45. The number of aryl methyl sites for hydroxylation is 1. The Bertz CT molecular complexity index is 636. The number of thioether (sulfide) groups is 1. The largest absolute Gasteiger partial charge is 0.397 e. The molecule has 7 heteroatoms. The minimum absolute atomic E-state index is 0.186. The molecule has 2 rings (SSSR count). The molecule has 1 aromatic heterocycles. The average Bonchev–Trinajstić information content (AvgIpc) is 2.41. The number of amides is 1. The molecule has 5 nitrogen and oxygen atoms in total. The van der Waals surface area contributed by atoms with Crippen molar-refractivity contribution in [1.29, 1.82) is 0 Å². The molecule has 0 bridgehead atoms. The van der Waals surface area contributed by atoms with Gasteiger partial charge in [0, 0.05) is 16.9 Å². The van der Waals surface area contributed by atoms with Gasteiger partial charge in [0.1, 0.15) is 0 Å². The summed E-state index contributed by atoms with van der Waals surface area (Å²) in [5.74, 6) is 0.0177. The maximum absolute atomic E-state index is 11.8. The zero-order valence-corrected chi connectivity index (χ0v) is 12.3. The first-order valence-corrected chi connectivity index (χ1v) is 7.18. The Kier molecular flexibility index (Phi) is 4.81. The summed E-state index contributed by atoms with van der Waals surface area (Å²) in [6.45, 7) is 1.87. The van der Waals surface area contributed by atoms with Gasteiger partial charge in [-0.2, -0.15) is 0 Å². The molecule has 0 fully saturated rings. The second-order valence-electron chi connectivity index (χ2n) is 4.05. The molecular weight excluding hydrogens is 296 g/mol. The van der Waals surface area contributed by atoms with Crippen molar-refractivity contribution >= 4 is 40.6 Å². The number of nitrogen functional groups attached to an aromatic ring is 1. The summed E-state index contributed by atoms with van der Waals surface area (Å²) in [5.41, 5.74) is 7.60. The van der Waals surface area contributed by atoms with Crippen molar-refractivity contribution in [2.75, 3.05) is 16.8 Å². The fourth-order valence-corrected chi connectivity index (χ4v) is 2.30. The van der Waals surface area contributed by atoms with E-state index in [4.69, 9.17) is 17.3 Å². The molecule has 0 aliphatic heterocycles. The molecular formula is C13H13ClN4OS. The van der Waals surface area contributed by atoms with E-state index in [9.17, 15) is 4.79 Å². The summed E-state index contributed by atoms with van der Waals surface area (Å²) >= 11 is 7.12. The molecule has 0 spiro atoms. The van der Waals surface area contributed by atoms with Gasteiger partial charge < -0.3 is 11.1 Å². The Labute approximate surface area is 126 Å². The number of anilines is 2. The van der Waals surface area contributed by atoms with E-state index in [1.54, 1.807) is 30.5 Å². The number of rotatable bonds is 4. The van der Waals surface area contributed by atoms with Crippen LogP contribution in [0.25, 0.3) is 0 Å². The number of carbonyl (C=O) groups excluding carboxylic acids is 1. The summed E-state index contributed by atoms with van der Waals surface area (Å²) in [7, 11) is 0. The van der Waals surface area contributed by atoms with Gasteiger partial charge in [-0.05, 0) is 31.2 Å². The quantitative estimate of drug-likeness (QED) is 0.515. The lowest BCUT2D eigenvalue weighted by atomic mass is 10.2. The molecule has 0 saturated heterocycles. The van der Waals surface area contributed by atoms with Crippen LogP contribution in [0, 0.1) is 6.92 Å². The van der Waals surface area contributed by atoms with E-state index >= 15 is 0 Å². The zero-order chi connectivity index (χ0) is 14.5. The van der Waals surface area contributed by atoms with Crippen molar-refractivity contribution in [2.45, 2.75) is 12.1 Å². The first-order chi connectivity index (χ1) is 9.54. The van der Waals surface area contributed by atoms with E-state index < -0.39 is 0 Å². The third kappa shape index (κ3) is 4.11. The van der Waals surface area contributed by atoms with Gasteiger partial charge in [-0.3, -0.25) is 4.79 Å². The Morgan fingerprint density at radius 1 is 1.45 bits per heavy atom. The van der Waals surface area contributed by atoms with Crippen LogP contribution in [0.15, 0.2) is 35.6 Å². The number of nitrogens with two attached hydrogens (primary N) is 1. The molecule has 0 radical (unpaired) electrons. The molecule has 3 N–H and O–H groups in total. The van der Waals surface area contributed by atoms with Gasteiger partial charge in [0.25, 0.3) is 0 Å². The van der Waals surface area contributed by atoms with Crippen LogP contribution in [0.1, 0.15) is 5.69 Å². The fraction of sp³-hybridized carbons (Fsp3) is 0.154. The number of aromatic nitrogens is 2. The van der Waals surface area contributed by atoms with E-state index in [1.807, 2.05) is 6.92 Å². The van der Waals surface area contributed by atoms with Crippen molar-refractivity contribution in [3.8, 4) is 0 Å². The van der Waals surface area contributed by atoms with Crippen LogP contribution in [-0.4, -0.2) is 21.6 Å². The number of nitrogens with zero attached hydrogens (tertiary/aromatic N) is 2. The summed E-state index contributed by atoms with van der Waals surface area (Å²) in [6.07, 6.45) is 1.66. The van der Waals surface area contributed by atoms with E-state index in [0.717, 1.165) is 5.69 Å². The number of hydrogen-bond acceptors (Lipinski definition) is 5. The van der Waals surface area contributed by atoms with Crippen molar-refractivity contribution in [1.82, 2.24) is 9.97 Å². The Morgan fingerprint density at radius 3 is 3.00 bits per heavy atom. The molecule has 1 amide bonds. The van der Waals surface area contributed by atoms with Crippen LogP contribution < -0.4 is 11.1 Å². The van der Waals surface area contributed by atoms with Crippen LogP contribution in [-0.2, 0) is 4.79 Å². The smallest absolute Gasteiger partial charge is 0.234 e. The van der Waals surface area contributed by atoms with Crippen LogP contribution in [0.2, 0.25) is 5.02 Å². The normalized spacial score (nSPS) is 10.3. The van der Waals surface area contributed by atoms with Gasteiger partial charge in [0.2, 0.25) is 5.91 Å². The minimum Gasteiger partial charge on any atom is -0.397 e. The first-order valence-electron chi connectivity index (χ1n) is 5.82. The lowest BCUT2D eigenvalue weighted by Crippen LogP contribution is -2.15. The monoisotopic (exact) mass is 308 g/mol. The van der Waals surface area contributed by atoms with Crippen LogP contribution >= 0.6 is 23.4 Å². The predicted octanol–water partition coefficient (Wildman–Crippen LogP) is 2.75. The molecule has 0 unspecified atom stereocenters. The Morgan fingerprint density at radius 2 is 2.25 bits per heavy atom. The molecule has 104 valence electrons. The average molecular weight is 309 g/mol. The summed E-state index contributed by atoms with van der Waals surface area (Å²) in [6, 6.07) is 6.73. The third-order valence-electron chi connectivity index (χ3n) is 2.39. The highest BCUT2D eigenvalue weighted by Crippen LogP contribution is 2.23. The van der Waals surface area contributed by atoms with E-state index in [1.165, 1.54) is 11.8 Å². The highest BCUT2D eigenvalue weighted by molar-refractivity contribution is 7.99. The molecule has 0 aliphatic rings. The van der Waals surface area contributed by atoms with Gasteiger partial charge in [-0.15, -0.1) is 0 Å². The maximum atomic E-state index is 11.8. The molecule has 20 heavy (non-hydrogen) atoms.